The van der Waals surface area contributed by atoms with Crippen molar-refractivity contribution in [2.45, 2.75) is 6.92 Å². The van der Waals surface area contributed by atoms with E-state index in [0.29, 0.717) is 22.8 Å². The molecular formula is C18H18N6O3. The van der Waals surface area contributed by atoms with Gasteiger partial charge in [0, 0.05) is 29.5 Å². The average Bonchev–Trinajstić information content (AvgIpc) is 3.08. The number of nitrogens with zero attached hydrogens (tertiary/aromatic N) is 4. The van der Waals surface area contributed by atoms with Crippen LogP contribution in [0.5, 0.6) is 0 Å². The number of ether oxygens (including phenoxy) is 1. The van der Waals surface area contributed by atoms with E-state index in [1.54, 1.807) is 61.1 Å². The quantitative estimate of drug-likeness (QED) is 0.718. The van der Waals surface area contributed by atoms with Crippen LogP contribution in [-0.4, -0.2) is 38.8 Å². The minimum atomic E-state index is -0.569. The molecule has 0 spiro atoms. The molecule has 0 bridgehead atoms. The van der Waals surface area contributed by atoms with Gasteiger partial charge in [-0.15, -0.1) is 5.10 Å². The van der Waals surface area contributed by atoms with Gasteiger partial charge in [0.1, 0.15) is 0 Å². The van der Waals surface area contributed by atoms with Gasteiger partial charge in [0.25, 0.3) is 5.91 Å². The van der Waals surface area contributed by atoms with Crippen LogP contribution in [0.4, 0.5) is 16.2 Å². The van der Waals surface area contributed by atoms with E-state index >= 15 is 0 Å². The molecule has 0 aliphatic carbocycles. The van der Waals surface area contributed by atoms with Crippen LogP contribution in [0.2, 0.25) is 0 Å². The number of amides is 2. The number of benzene rings is 2. The monoisotopic (exact) mass is 366 g/mol. The number of tetrazole rings is 1. The van der Waals surface area contributed by atoms with Crippen LogP contribution < -0.4 is 10.6 Å². The Labute approximate surface area is 155 Å². The molecule has 138 valence electrons. The summed E-state index contributed by atoms with van der Waals surface area (Å²) in [5.74, 6) is 0.280. The largest absolute Gasteiger partial charge is 0.450 e. The van der Waals surface area contributed by atoms with E-state index in [9.17, 15) is 9.59 Å². The molecular weight excluding hydrogens is 348 g/mol. The highest BCUT2D eigenvalue weighted by Gasteiger charge is 2.11. The average molecular weight is 366 g/mol. The van der Waals surface area contributed by atoms with Gasteiger partial charge < -0.3 is 10.1 Å². The van der Waals surface area contributed by atoms with Crippen LogP contribution in [0.1, 0.15) is 17.3 Å². The number of carbonyl (C=O) groups excluding carboxylic acids is 2. The number of anilines is 2. The zero-order valence-electron chi connectivity index (χ0n) is 14.8. The second-order valence-corrected chi connectivity index (χ2v) is 5.59. The molecule has 0 unspecified atom stereocenters. The molecule has 3 aromatic rings. The summed E-state index contributed by atoms with van der Waals surface area (Å²) in [5.41, 5.74) is 2.25. The van der Waals surface area contributed by atoms with Crippen molar-refractivity contribution in [3.8, 4) is 11.4 Å². The fourth-order valence-corrected chi connectivity index (χ4v) is 2.44. The number of aromatic nitrogens is 4. The molecule has 0 saturated carbocycles. The summed E-state index contributed by atoms with van der Waals surface area (Å²) in [5, 5.41) is 16.8. The molecule has 0 aliphatic heterocycles. The van der Waals surface area contributed by atoms with E-state index in [1.165, 1.54) is 0 Å². The summed E-state index contributed by atoms with van der Waals surface area (Å²) < 4.78 is 6.38. The Balaban J connectivity index is 1.74. The molecule has 3 rings (SSSR count). The van der Waals surface area contributed by atoms with Gasteiger partial charge in [0.2, 0.25) is 0 Å². The fourth-order valence-electron chi connectivity index (χ4n) is 2.44. The Morgan fingerprint density at radius 3 is 2.52 bits per heavy atom. The lowest BCUT2D eigenvalue weighted by molar-refractivity contribution is 0.102. The third-order valence-corrected chi connectivity index (χ3v) is 3.65. The molecule has 2 amide bonds. The van der Waals surface area contributed by atoms with Crippen LogP contribution in [-0.2, 0) is 11.8 Å². The number of rotatable bonds is 5. The Morgan fingerprint density at radius 1 is 1.07 bits per heavy atom. The number of hydrogen-bond donors (Lipinski definition) is 2. The van der Waals surface area contributed by atoms with E-state index in [2.05, 4.69) is 26.2 Å². The summed E-state index contributed by atoms with van der Waals surface area (Å²) >= 11 is 0. The third kappa shape index (κ3) is 4.46. The third-order valence-electron chi connectivity index (χ3n) is 3.65. The van der Waals surface area contributed by atoms with Crippen molar-refractivity contribution >= 4 is 23.4 Å². The number of nitrogens with one attached hydrogen (secondary N) is 2. The molecule has 0 saturated heterocycles. The minimum Gasteiger partial charge on any atom is -0.450 e. The molecule has 0 atom stereocenters. The SMILES string of the molecule is CCOC(=O)Nc1cccc(C(=O)Nc2cccc(-c3nnnn3C)c2)c1. The topological polar surface area (TPSA) is 111 Å². The molecule has 2 aromatic carbocycles. The molecule has 0 radical (unpaired) electrons. The predicted molar refractivity (Wildman–Crippen MR) is 99.3 cm³/mol. The first kappa shape index (κ1) is 18.1. The fraction of sp³-hybridized carbons (Fsp3) is 0.167. The van der Waals surface area contributed by atoms with Crippen LogP contribution >= 0.6 is 0 Å². The highest BCUT2D eigenvalue weighted by atomic mass is 16.5. The normalized spacial score (nSPS) is 10.3. The second kappa shape index (κ2) is 8.09. The van der Waals surface area contributed by atoms with Crippen LogP contribution in [0.25, 0.3) is 11.4 Å². The molecule has 2 N–H and O–H groups in total. The predicted octanol–water partition coefficient (Wildman–Crippen LogP) is 2.70. The number of carbonyl (C=O) groups is 2. The van der Waals surface area contributed by atoms with Crippen molar-refractivity contribution < 1.29 is 14.3 Å². The van der Waals surface area contributed by atoms with Gasteiger partial charge in [-0.3, -0.25) is 10.1 Å². The minimum absolute atomic E-state index is 0.267. The van der Waals surface area contributed by atoms with Crippen molar-refractivity contribution in [3.63, 3.8) is 0 Å². The van der Waals surface area contributed by atoms with Gasteiger partial charge >= 0.3 is 6.09 Å². The lowest BCUT2D eigenvalue weighted by Gasteiger charge is -2.09. The van der Waals surface area contributed by atoms with Gasteiger partial charge in [0.05, 0.1) is 6.61 Å². The lowest BCUT2D eigenvalue weighted by Crippen LogP contribution is -2.15. The smallest absolute Gasteiger partial charge is 0.411 e. The number of aryl methyl sites for hydroxylation is 1. The molecule has 0 fully saturated rings. The maximum atomic E-state index is 12.5. The van der Waals surface area contributed by atoms with Crippen LogP contribution in [0, 0.1) is 0 Å². The van der Waals surface area contributed by atoms with Crippen molar-refractivity contribution in [1.82, 2.24) is 20.2 Å². The van der Waals surface area contributed by atoms with E-state index < -0.39 is 6.09 Å². The van der Waals surface area contributed by atoms with Gasteiger partial charge in [-0.1, -0.05) is 18.2 Å². The maximum Gasteiger partial charge on any atom is 0.411 e. The molecule has 27 heavy (non-hydrogen) atoms. The summed E-state index contributed by atoms with van der Waals surface area (Å²) in [6, 6.07) is 13.8. The van der Waals surface area contributed by atoms with Crippen LogP contribution in [0.15, 0.2) is 48.5 Å². The Bertz CT molecular complexity index is 969. The molecule has 9 heteroatoms. The van der Waals surface area contributed by atoms with Crippen molar-refractivity contribution in [2.75, 3.05) is 17.2 Å². The first-order valence-corrected chi connectivity index (χ1v) is 8.25. The molecule has 1 heterocycles. The van der Waals surface area contributed by atoms with Crippen LogP contribution in [0.3, 0.4) is 0 Å². The Hall–Kier alpha value is -3.75. The number of hydrogen-bond acceptors (Lipinski definition) is 6. The van der Waals surface area contributed by atoms with Gasteiger partial charge in [-0.2, -0.15) is 0 Å². The van der Waals surface area contributed by atoms with Crippen molar-refractivity contribution in [2.24, 2.45) is 7.05 Å². The lowest BCUT2D eigenvalue weighted by atomic mass is 10.1. The zero-order chi connectivity index (χ0) is 19.2. The zero-order valence-corrected chi connectivity index (χ0v) is 14.8. The first-order chi connectivity index (χ1) is 13.1. The summed E-state index contributed by atoms with van der Waals surface area (Å²) in [7, 11) is 1.74. The standard InChI is InChI=1S/C18H18N6O3/c1-3-27-18(26)20-15-9-5-7-13(11-15)17(25)19-14-8-4-6-12(10-14)16-21-22-23-24(16)2/h4-11H,3H2,1-2H3,(H,19,25)(H,20,26). The molecule has 1 aromatic heterocycles. The van der Waals surface area contributed by atoms with Crippen molar-refractivity contribution in [3.05, 3.63) is 54.1 Å². The first-order valence-electron chi connectivity index (χ1n) is 8.25. The highest BCUT2D eigenvalue weighted by Crippen LogP contribution is 2.20. The van der Waals surface area contributed by atoms with Gasteiger partial charge in [-0.25, -0.2) is 9.48 Å². The maximum absolute atomic E-state index is 12.5. The van der Waals surface area contributed by atoms with E-state index in [0.717, 1.165) is 5.56 Å². The van der Waals surface area contributed by atoms with Gasteiger partial charge in [0.15, 0.2) is 5.82 Å². The summed E-state index contributed by atoms with van der Waals surface area (Å²) in [4.78, 5) is 24.1. The second-order valence-electron chi connectivity index (χ2n) is 5.59. The Kier molecular flexibility index (Phi) is 5.41. The molecule has 9 nitrogen and oxygen atoms in total. The van der Waals surface area contributed by atoms with Crippen molar-refractivity contribution in [1.29, 1.82) is 0 Å². The Morgan fingerprint density at radius 2 is 1.81 bits per heavy atom. The van der Waals surface area contributed by atoms with E-state index in [4.69, 9.17) is 4.74 Å². The highest BCUT2D eigenvalue weighted by molar-refractivity contribution is 6.05. The van der Waals surface area contributed by atoms with E-state index in [1.807, 2.05) is 6.07 Å². The van der Waals surface area contributed by atoms with Gasteiger partial charge in [-0.05, 0) is 47.7 Å². The van der Waals surface area contributed by atoms with E-state index in [-0.39, 0.29) is 12.5 Å². The summed E-state index contributed by atoms with van der Waals surface area (Å²) in [6.07, 6.45) is -0.569. The summed E-state index contributed by atoms with van der Waals surface area (Å²) in [6.45, 7) is 1.98. The molecule has 0 aliphatic rings.